The van der Waals surface area contributed by atoms with Gasteiger partial charge in [0, 0.05) is 56.3 Å². The molecule has 0 spiro atoms. The van der Waals surface area contributed by atoms with Gasteiger partial charge in [0.2, 0.25) is 5.91 Å². The van der Waals surface area contributed by atoms with E-state index in [1.807, 2.05) is 17.6 Å². The Morgan fingerprint density at radius 2 is 1.73 bits per heavy atom. The van der Waals surface area contributed by atoms with Crippen molar-refractivity contribution >= 4 is 23.5 Å². The first-order chi connectivity index (χ1) is 21.3. The Morgan fingerprint density at radius 3 is 2.50 bits per heavy atom. The second-order valence-corrected chi connectivity index (χ2v) is 11.6. The first-order valence-corrected chi connectivity index (χ1v) is 14.8. The third-order valence-electron chi connectivity index (χ3n) is 8.91. The van der Waals surface area contributed by atoms with Gasteiger partial charge in [-0.1, -0.05) is 24.3 Å². The van der Waals surface area contributed by atoms with E-state index >= 15 is 0 Å². The Balaban J connectivity index is 1.42. The summed E-state index contributed by atoms with van der Waals surface area (Å²) >= 11 is 0. The summed E-state index contributed by atoms with van der Waals surface area (Å²) in [7, 11) is 3.07. The number of nitrogens with one attached hydrogen (secondary N) is 1. The van der Waals surface area contributed by atoms with Crippen LogP contribution < -0.4 is 30.0 Å². The summed E-state index contributed by atoms with van der Waals surface area (Å²) in [5.74, 6) is 0.338. The standard InChI is InChI=1S/C33H36N4O7/c1-4-44-27-10-6-5-8-26(27)37-31(40)33(30(39)34-32(37)41,16-22-12-13-24(42-2)15-28(22)43-3)20-35-17-21-14-23(19-35)25-9-7-11-29(38)36(25)18-21/h5-13,15,21,23H,4,14,16-20H2,1-3H3,(H,34,39,41)/t21-,23-,33+/m0/s1. The van der Waals surface area contributed by atoms with Gasteiger partial charge in [0.25, 0.3) is 11.5 Å². The Hall–Kier alpha value is -4.64. The van der Waals surface area contributed by atoms with Gasteiger partial charge in [-0.25, -0.2) is 9.69 Å². The molecule has 6 rings (SSSR count). The van der Waals surface area contributed by atoms with E-state index in [9.17, 15) is 19.2 Å². The van der Waals surface area contributed by atoms with Crippen LogP contribution in [0.5, 0.6) is 17.2 Å². The molecular formula is C33H36N4O7. The van der Waals surface area contributed by atoms with Crippen molar-refractivity contribution in [3.63, 3.8) is 0 Å². The number of fused-ring (bicyclic) bond motifs is 4. The summed E-state index contributed by atoms with van der Waals surface area (Å²) < 4.78 is 18.6. The number of hydrogen-bond donors (Lipinski definition) is 1. The predicted octanol–water partition coefficient (Wildman–Crippen LogP) is 3.20. The summed E-state index contributed by atoms with van der Waals surface area (Å²) in [6.07, 6.45) is 0.902. The largest absolute Gasteiger partial charge is 0.497 e. The van der Waals surface area contributed by atoms with E-state index in [-0.39, 0.29) is 36.0 Å². The maximum Gasteiger partial charge on any atom is 0.335 e. The SMILES string of the molecule is CCOc1ccccc1N1C(=O)NC(=O)[C@@](Cc2ccc(OC)cc2OC)(CN2C[C@@H]3C[C@@H](C2)c2cccc(=O)n2C3)C1=O. The topological polar surface area (TPSA) is 119 Å². The first kappa shape index (κ1) is 29.4. The van der Waals surface area contributed by atoms with Crippen LogP contribution in [0.2, 0.25) is 0 Å². The highest BCUT2D eigenvalue weighted by Gasteiger charge is 2.56. The number of para-hydroxylation sites is 2. The second kappa shape index (κ2) is 11.8. The molecule has 2 saturated heterocycles. The minimum atomic E-state index is -1.68. The minimum Gasteiger partial charge on any atom is -0.497 e. The van der Waals surface area contributed by atoms with Gasteiger partial charge in [-0.2, -0.15) is 0 Å². The third-order valence-corrected chi connectivity index (χ3v) is 8.91. The van der Waals surface area contributed by atoms with Crippen LogP contribution in [-0.4, -0.2) is 67.8 Å². The fraction of sp³-hybridized carbons (Fsp3) is 0.394. The maximum absolute atomic E-state index is 14.8. The summed E-state index contributed by atoms with van der Waals surface area (Å²) in [6, 6.07) is 16.6. The normalized spacial score (nSPS) is 23.2. The van der Waals surface area contributed by atoms with Gasteiger partial charge >= 0.3 is 6.03 Å². The van der Waals surface area contributed by atoms with Gasteiger partial charge in [0.15, 0.2) is 0 Å². The number of methoxy groups -OCH3 is 2. The fourth-order valence-electron chi connectivity index (χ4n) is 6.99. The highest BCUT2D eigenvalue weighted by Crippen LogP contribution is 2.42. The molecule has 3 aliphatic heterocycles. The molecule has 0 unspecified atom stereocenters. The van der Waals surface area contributed by atoms with E-state index in [2.05, 4.69) is 10.2 Å². The molecule has 2 aromatic carbocycles. The van der Waals surface area contributed by atoms with Crippen LogP contribution in [0.1, 0.15) is 30.5 Å². The minimum absolute atomic E-state index is 0.0160. The molecule has 44 heavy (non-hydrogen) atoms. The van der Waals surface area contributed by atoms with Crippen LogP contribution in [0, 0.1) is 11.3 Å². The highest BCUT2D eigenvalue weighted by atomic mass is 16.5. The van der Waals surface area contributed by atoms with Crippen molar-refractivity contribution in [2.24, 2.45) is 11.3 Å². The van der Waals surface area contributed by atoms with Crippen molar-refractivity contribution in [1.29, 1.82) is 0 Å². The zero-order valence-corrected chi connectivity index (χ0v) is 25.1. The second-order valence-electron chi connectivity index (χ2n) is 11.6. The molecular weight excluding hydrogens is 564 g/mol. The number of pyridine rings is 1. The molecule has 4 heterocycles. The Kier molecular flexibility index (Phi) is 7.89. The number of amides is 4. The Bertz CT molecular complexity index is 1670. The van der Waals surface area contributed by atoms with Gasteiger partial charge in [0.05, 0.1) is 26.5 Å². The van der Waals surface area contributed by atoms with Crippen molar-refractivity contribution in [2.75, 3.05) is 45.4 Å². The number of rotatable bonds is 9. The number of aromatic nitrogens is 1. The number of nitrogens with zero attached hydrogens (tertiary/aromatic N) is 3. The molecule has 3 aliphatic rings. The number of benzene rings is 2. The lowest BCUT2D eigenvalue weighted by molar-refractivity contribution is -0.144. The van der Waals surface area contributed by atoms with Crippen LogP contribution in [0.3, 0.4) is 0 Å². The lowest BCUT2D eigenvalue weighted by Gasteiger charge is -2.47. The smallest absolute Gasteiger partial charge is 0.335 e. The van der Waals surface area contributed by atoms with E-state index in [0.29, 0.717) is 49.1 Å². The first-order valence-electron chi connectivity index (χ1n) is 14.8. The summed E-state index contributed by atoms with van der Waals surface area (Å²) in [5, 5.41) is 2.50. The number of piperidine rings is 1. The van der Waals surface area contributed by atoms with Crippen LogP contribution in [-0.2, 0) is 22.6 Å². The Labute approximate surface area is 255 Å². The number of carbonyl (C=O) groups is 3. The van der Waals surface area contributed by atoms with Crippen molar-refractivity contribution < 1.29 is 28.6 Å². The van der Waals surface area contributed by atoms with Crippen LogP contribution in [0.25, 0.3) is 0 Å². The number of hydrogen-bond acceptors (Lipinski definition) is 8. The molecule has 0 radical (unpaired) electrons. The molecule has 1 aromatic heterocycles. The quantitative estimate of drug-likeness (QED) is 0.372. The molecule has 3 atom stereocenters. The number of barbiturate groups is 1. The molecule has 0 saturated carbocycles. The molecule has 2 fully saturated rings. The van der Waals surface area contributed by atoms with Crippen LogP contribution in [0.15, 0.2) is 65.5 Å². The van der Waals surface area contributed by atoms with Crippen LogP contribution >= 0.6 is 0 Å². The average molecular weight is 601 g/mol. The third kappa shape index (κ3) is 5.11. The fourth-order valence-corrected chi connectivity index (χ4v) is 6.99. The molecule has 230 valence electrons. The maximum atomic E-state index is 14.8. The van der Waals surface area contributed by atoms with E-state index in [1.165, 1.54) is 7.11 Å². The highest BCUT2D eigenvalue weighted by molar-refractivity contribution is 6.30. The lowest BCUT2D eigenvalue weighted by Crippen LogP contribution is -2.68. The number of imide groups is 2. The number of anilines is 1. The van der Waals surface area contributed by atoms with E-state index in [4.69, 9.17) is 14.2 Å². The van der Waals surface area contributed by atoms with E-state index in [1.54, 1.807) is 61.7 Å². The summed E-state index contributed by atoms with van der Waals surface area (Å²) in [4.78, 5) is 58.0. The summed E-state index contributed by atoms with van der Waals surface area (Å²) in [6.45, 7) is 3.95. The number of carbonyl (C=O) groups excluding carboxylic acids is 3. The van der Waals surface area contributed by atoms with E-state index in [0.717, 1.165) is 17.0 Å². The molecule has 3 aromatic rings. The lowest BCUT2D eigenvalue weighted by atomic mass is 9.75. The summed E-state index contributed by atoms with van der Waals surface area (Å²) in [5.41, 5.74) is 0.151. The van der Waals surface area contributed by atoms with Gasteiger partial charge in [0.1, 0.15) is 22.7 Å². The predicted molar refractivity (Wildman–Crippen MR) is 162 cm³/mol. The molecule has 4 amide bonds. The Morgan fingerprint density at radius 1 is 0.909 bits per heavy atom. The molecule has 11 nitrogen and oxygen atoms in total. The molecule has 1 N–H and O–H groups in total. The van der Waals surface area contributed by atoms with Gasteiger partial charge < -0.3 is 23.7 Å². The van der Waals surface area contributed by atoms with Gasteiger partial charge in [-0.15, -0.1) is 0 Å². The zero-order chi connectivity index (χ0) is 31.0. The molecule has 2 bridgehead atoms. The van der Waals surface area contributed by atoms with Gasteiger partial charge in [-0.3, -0.25) is 19.7 Å². The number of urea groups is 1. The average Bonchev–Trinajstić information content (AvgIpc) is 3.01. The molecule has 0 aliphatic carbocycles. The number of ether oxygens (including phenoxy) is 3. The van der Waals surface area contributed by atoms with Crippen molar-refractivity contribution in [2.45, 2.75) is 32.2 Å². The molecule has 11 heteroatoms. The van der Waals surface area contributed by atoms with Crippen molar-refractivity contribution in [3.8, 4) is 17.2 Å². The van der Waals surface area contributed by atoms with Crippen LogP contribution in [0.4, 0.5) is 10.5 Å². The zero-order valence-electron chi connectivity index (χ0n) is 25.1. The monoisotopic (exact) mass is 600 g/mol. The van der Waals surface area contributed by atoms with Crippen molar-refractivity contribution in [3.05, 3.63) is 82.3 Å². The van der Waals surface area contributed by atoms with Gasteiger partial charge in [-0.05, 0) is 49.1 Å². The number of likely N-dealkylation sites (tertiary alicyclic amines) is 1. The van der Waals surface area contributed by atoms with Crippen molar-refractivity contribution in [1.82, 2.24) is 14.8 Å². The van der Waals surface area contributed by atoms with E-state index < -0.39 is 23.3 Å².